The van der Waals surface area contributed by atoms with E-state index in [0.29, 0.717) is 22.9 Å². The van der Waals surface area contributed by atoms with Gasteiger partial charge in [0, 0.05) is 36.3 Å². The molecule has 0 amide bonds. The molecule has 0 bridgehead atoms. The third kappa shape index (κ3) is 5.38. The Labute approximate surface area is 128 Å². The van der Waals surface area contributed by atoms with Crippen molar-refractivity contribution < 1.29 is 19.4 Å². The van der Waals surface area contributed by atoms with E-state index in [0.717, 1.165) is 38.9 Å². The molecule has 1 aliphatic rings. The third-order valence-electron chi connectivity index (χ3n) is 3.15. The monoisotopic (exact) mass is 311 g/mol. The van der Waals surface area contributed by atoms with Crippen molar-refractivity contribution in [2.75, 3.05) is 39.5 Å². The summed E-state index contributed by atoms with van der Waals surface area (Å²) in [7, 11) is 0. The van der Waals surface area contributed by atoms with Crippen LogP contribution in [-0.2, 0) is 9.53 Å². The molecule has 1 N–H and O–H groups in total. The summed E-state index contributed by atoms with van der Waals surface area (Å²) in [5.74, 6) is -0.376. The van der Waals surface area contributed by atoms with Crippen molar-refractivity contribution in [2.45, 2.75) is 0 Å². The third-order valence-corrected chi connectivity index (χ3v) is 3.38. The zero-order valence-electron chi connectivity index (χ0n) is 11.6. The lowest BCUT2D eigenvalue weighted by molar-refractivity contribution is -0.131. The van der Waals surface area contributed by atoms with Gasteiger partial charge in [0.25, 0.3) is 0 Å². The van der Waals surface area contributed by atoms with Crippen LogP contribution in [0.5, 0.6) is 5.75 Å². The lowest BCUT2D eigenvalue weighted by Crippen LogP contribution is -2.38. The van der Waals surface area contributed by atoms with E-state index in [-0.39, 0.29) is 0 Å². The van der Waals surface area contributed by atoms with Crippen LogP contribution in [0.15, 0.2) is 24.3 Å². The molecule has 0 unspecified atom stereocenters. The smallest absolute Gasteiger partial charge is 0.328 e. The van der Waals surface area contributed by atoms with Crippen LogP contribution in [0.25, 0.3) is 6.08 Å². The second kappa shape index (κ2) is 8.02. The fourth-order valence-corrected chi connectivity index (χ4v) is 2.23. The van der Waals surface area contributed by atoms with E-state index < -0.39 is 5.97 Å². The molecule has 0 aliphatic carbocycles. The van der Waals surface area contributed by atoms with Gasteiger partial charge in [0.05, 0.1) is 13.2 Å². The second-order valence-electron chi connectivity index (χ2n) is 4.66. The van der Waals surface area contributed by atoms with E-state index in [1.807, 2.05) is 0 Å². The molecule has 6 heteroatoms. The maximum absolute atomic E-state index is 10.6. The van der Waals surface area contributed by atoms with E-state index in [2.05, 4.69) is 4.90 Å². The predicted molar refractivity (Wildman–Crippen MR) is 80.9 cm³/mol. The van der Waals surface area contributed by atoms with Crippen molar-refractivity contribution in [3.05, 3.63) is 34.9 Å². The van der Waals surface area contributed by atoms with E-state index >= 15 is 0 Å². The fourth-order valence-electron chi connectivity index (χ4n) is 2.05. The average molecular weight is 312 g/mol. The molecular weight excluding hydrogens is 294 g/mol. The van der Waals surface area contributed by atoms with E-state index in [1.165, 1.54) is 6.08 Å². The summed E-state index contributed by atoms with van der Waals surface area (Å²) in [6, 6.07) is 5.16. The number of carbonyl (C=O) groups is 1. The molecule has 1 aromatic rings. The highest BCUT2D eigenvalue weighted by Gasteiger charge is 2.10. The maximum Gasteiger partial charge on any atom is 0.328 e. The second-order valence-corrected chi connectivity index (χ2v) is 5.09. The van der Waals surface area contributed by atoms with Crippen molar-refractivity contribution in [3.8, 4) is 5.75 Å². The largest absolute Gasteiger partial charge is 0.492 e. The zero-order valence-corrected chi connectivity index (χ0v) is 12.4. The van der Waals surface area contributed by atoms with Crippen molar-refractivity contribution >= 4 is 23.6 Å². The number of hydrogen-bond donors (Lipinski definition) is 1. The number of carboxylic acid groups (broad SMARTS) is 1. The lowest BCUT2D eigenvalue weighted by atomic mass is 10.2. The summed E-state index contributed by atoms with van der Waals surface area (Å²) in [5.41, 5.74) is 0.659. The summed E-state index contributed by atoms with van der Waals surface area (Å²) >= 11 is 5.93. The highest BCUT2D eigenvalue weighted by Crippen LogP contribution is 2.24. The number of rotatable bonds is 6. The average Bonchev–Trinajstić information content (AvgIpc) is 2.48. The van der Waals surface area contributed by atoms with Gasteiger partial charge >= 0.3 is 5.97 Å². The molecule has 2 rings (SSSR count). The number of aliphatic carboxylic acids is 1. The number of morpholine rings is 1. The molecule has 0 aromatic heterocycles. The van der Waals surface area contributed by atoms with Crippen LogP contribution in [0.2, 0.25) is 5.02 Å². The number of carboxylic acids is 1. The first-order chi connectivity index (χ1) is 10.1. The summed E-state index contributed by atoms with van der Waals surface area (Å²) in [6.45, 7) is 4.69. The van der Waals surface area contributed by atoms with E-state index in [1.54, 1.807) is 18.2 Å². The first-order valence-electron chi connectivity index (χ1n) is 6.78. The number of benzene rings is 1. The molecular formula is C15H18ClNO4. The Morgan fingerprint density at radius 1 is 1.43 bits per heavy atom. The van der Waals surface area contributed by atoms with Crippen LogP contribution in [0.3, 0.4) is 0 Å². The fraction of sp³-hybridized carbons (Fsp3) is 0.400. The van der Waals surface area contributed by atoms with E-state index in [9.17, 15) is 4.79 Å². The van der Waals surface area contributed by atoms with Gasteiger partial charge in [-0.3, -0.25) is 4.90 Å². The van der Waals surface area contributed by atoms with Crippen LogP contribution < -0.4 is 4.74 Å². The Balaban J connectivity index is 1.93. The molecule has 5 nitrogen and oxygen atoms in total. The number of ether oxygens (including phenoxy) is 2. The Hall–Kier alpha value is -1.56. The van der Waals surface area contributed by atoms with Gasteiger partial charge < -0.3 is 14.6 Å². The molecule has 1 saturated heterocycles. The Kier molecular flexibility index (Phi) is 6.04. The molecule has 1 aromatic carbocycles. The van der Waals surface area contributed by atoms with Crippen LogP contribution in [0.4, 0.5) is 0 Å². The quantitative estimate of drug-likeness (QED) is 0.816. The van der Waals surface area contributed by atoms with Gasteiger partial charge in [0.15, 0.2) is 0 Å². The van der Waals surface area contributed by atoms with Gasteiger partial charge in [-0.25, -0.2) is 4.79 Å². The van der Waals surface area contributed by atoms with Crippen LogP contribution >= 0.6 is 11.6 Å². The zero-order chi connectivity index (χ0) is 15.1. The molecule has 0 spiro atoms. The minimum atomic E-state index is -1.01. The Bertz CT molecular complexity index is 512. The highest BCUT2D eigenvalue weighted by atomic mass is 35.5. The molecule has 1 fully saturated rings. The van der Waals surface area contributed by atoms with Crippen molar-refractivity contribution in [1.82, 2.24) is 4.90 Å². The molecule has 1 heterocycles. The predicted octanol–water partition coefficient (Wildman–Crippen LogP) is 2.15. The van der Waals surface area contributed by atoms with Crippen molar-refractivity contribution in [3.63, 3.8) is 0 Å². The summed E-state index contributed by atoms with van der Waals surface area (Å²) < 4.78 is 11.0. The van der Waals surface area contributed by atoms with Gasteiger partial charge in [-0.15, -0.1) is 0 Å². The molecule has 21 heavy (non-hydrogen) atoms. The molecule has 0 saturated carbocycles. The summed E-state index contributed by atoms with van der Waals surface area (Å²) in [4.78, 5) is 12.9. The number of halogens is 1. The number of hydrogen-bond acceptors (Lipinski definition) is 4. The maximum atomic E-state index is 10.6. The van der Waals surface area contributed by atoms with Gasteiger partial charge in [-0.2, -0.15) is 0 Å². The van der Waals surface area contributed by atoms with Gasteiger partial charge in [0.1, 0.15) is 12.4 Å². The molecule has 0 radical (unpaired) electrons. The first-order valence-corrected chi connectivity index (χ1v) is 7.16. The number of nitrogens with zero attached hydrogens (tertiary/aromatic N) is 1. The minimum absolute atomic E-state index is 0.537. The molecule has 114 valence electrons. The van der Waals surface area contributed by atoms with Crippen molar-refractivity contribution in [2.24, 2.45) is 0 Å². The van der Waals surface area contributed by atoms with E-state index in [4.69, 9.17) is 26.2 Å². The minimum Gasteiger partial charge on any atom is -0.492 e. The Morgan fingerprint density at radius 2 is 2.19 bits per heavy atom. The summed E-state index contributed by atoms with van der Waals surface area (Å²) in [6.07, 6.45) is 2.55. The SMILES string of the molecule is O=C(O)/C=C\c1cc(Cl)ccc1OCCN1CCOCC1. The lowest BCUT2D eigenvalue weighted by Gasteiger charge is -2.26. The molecule has 1 aliphatic heterocycles. The van der Waals surface area contributed by atoms with Crippen LogP contribution in [0, 0.1) is 0 Å². The summed E-state index contributed by atoms with van der Waals surface area (Å²) in [5, 5.41) is 9.24. The molecule has 0 atom stereocenters. The van der Waals surface area contributed by atoms with Crippen molar-refractivity contribution in [1.29, 1.82) is 0 Å². The normalized spacial score (nSPS) is 16.2. The van der Waals surface area contributed by atoms with Gasteiger partial charge in [-0.1, -0.05) is 11.6 Å². The van der Waals surface area contributed by atoms with Gasteiger partial charge in [-0.05, 0) is 24.3 Å². The van der Waals surface area contributed by atoms with Crippen LogP contribution in [-0.4, -0.2) is 55.4 Å². The van der Waals surface area contributed by atoms with Gasteiger partial charge in [0.2, 0.25) is 0 Å². The standard InChI is InChI=1S/C15H18ClNO4/c16-13-2-3-14(12(11-13)1-4-15(18)19)21-10-7-17-5-8-20-9-6-17/h1-4,11H,5-10H2,(H,18,19)/b4-1-. The first kappa shape index (κ1) is 15.8. The highest BCUT2D eigenvalue weighted by molar-refractivity contribution is 6.30. The van der Waals surface area contributed by atoms with Crippen LogP contribution in [0.1, 0.15) is 5.56 Å². The Morgan fingerprint density at radius 3 is 2.90 bits per heavy atom. The topological polar surface area (TPSA) is 59.0 Å².